The minimum atomic E-state index is -0.459. The van der Waals surface area contributed by atoms with Crippen molar-refractivity contribution in [1.29, 1.82) is 0 Å². The fourth-order valence-electron chi connectivity index (χ4n) is 2.93. The van der Waals surface area contributed by atoms with Gasteiger partial charge in [-0.15, -0.1) is 0 Å². The van der Waals surface area contributed by atoms with E-state index in [1.807, 2.05) is 0 Å². The molecule has 28 heavy (non-hydrogen) atoms. The largest absolute Gasteiger partial charge is 0.486 e. The van der Waals surface area contributed by atoms with Crippen LogP contribution in [0.15, 0.2) is 59.1 Å². The summed E-state index contributed by atoms with van der Waals surface area (Å²) < 4.78 is 38.7. The number of anilines is 1. The lowest BCUT2D eigenvalue weighted by Gasteiger charge is -2.20. The van der Waals surface area contributed by atoms with Crippen LogP contribution in [0.2, 0.25) is 0 Å². The number of halogens is 3. The number of ether oxygens (including phenoxy) is 2. The fraction of sp³-hybridized carbons (Fsp3) is 0.0952. The molecule has 1 aliphatic rings. The van der Waals surface area contributed by atoms with Gasteiger partial charge in [-0.25, -0.2) is 8.78 Å². The fourth-order valence-corrected chi connectivity index (χ4v) is 3.49. The number of rotatable bonds is 3. The van der Waals surface area contributed by atoms with Crippen LogP contribution < -0.4 is 14.8 Å². The molecule has 0 atom stereocenters. The molecule has 1 amide bonds. The third-order valence-electron chi connectivity index (χ3n) is 4.24. The van der Waals surface area contributed by atoms with Gasteiger partial charge in [0.1, 0.15) is 24.8 Å². The van der Waals surface area contributed by atoms with Crippen molar-refractivity contribution in [2.75, 3.05) is 18.5 Å². The Morgan fingerprint density at radius 2 is 1.64 bits per heavy atom. The number of fused-ring (bicyclic) bond motifs is 1. The lowest BCUT2D eigenvalue weighted by molar-refractivity contribution is 0.102. The topological polar surface area (TPSA) is 47.6 Å². The van der Waals surface area contributed by atoms with E-state index in [4.69, 9.17) is 9.47 Å². The molecule has 4 nitrogen and oxygen atoms in total. The van der Waals surface area contributed by atoms with Gasteiger partial charge < -0.3 is 14.8 Å². The molecule has 3 aromatic carbocycles. The summed E-state index contributed by atoms with van der Waals surface area (Å²) in [5.41, 5.74) is 1.79. The van der Waals surface area contributed by atoms with Crippen molar-refractivity contribution in [2.45, 2.75) is 0 Å². The number of hydrogen-bond donors (Lipinski definition) is 1. The molecular weight excluding hydrogens is 432 g/mol. The number of carbonyl (C=O) groups is 1. The number of carbonyl (C=O) groups excluding carboxylic acids is 1. The van der Waals surface area contributed by atoms with Crippen molar-refractivity contribution in [3.8, 4) is 22.6 Å². The summed E-state index contributed by atoms with van der Waals surface area (Å²) in [6, 6.07) is 12.9. The maximum Gasteiger partial charge on any atom is 0.255 e. The van der Waals surface area contributed by atoms with Gasteiger partial charge in [-0.3, -0.25) is 4.79 Å². The van der Waals surface area contributed by atoms with Crippen molar-refractivity contribution in [2.24, 2.45) is 0 Å². The molecule has 142 valence electrons. The van der Waals surface area contributed by atoms with E-state index in [1.165, 1.54) is 42.5 Å². The van der Waals surface area contributed by atoms with Crippen molar-refractivity contribution in [1.82, 2.24) is 0 Å². The van der Waals surface area contributed by atoms with Crippen LogP contribution in [0, 0.1) is 11.6 Å². The van der Waals surface area contributed by atoms with Crippen molar-refractivity contribution in [3.05, 3.63) is 76.3 Å². The molecule has 1 heterocycles. The summed E-state index contributed by atoms with van der Waals surface area (Å²) in [5.74, 6) is -0.223. The standard InChI is InChI=1S/C21H14BrF2NO3/c22-17-9-13(10-19-20(17)28-8-7-27-19)21(26)25-18-6-5-15(24)11-16(18)12-1-3-14(23)4-2-12/h1-6,9-11H,7-8H2,(H,25,26). The maximum absolute atomic E-state index is 13.8. The van der Waals surface area contributed by atoms with Gasteiger partial charge in [0, 0.05) is 16.8 Å². The average Bonchev–Trinajstić information content (AvgIpc) is 2.70. The van der Waals surface area contributed by atoms with Gasteiger partial charge in [-0.2, -0.15) is 0 Å². The summed E-state index contributed by atoms with van der Waals surface area (Å²) in [6.07, 6.45) is 0. The zero-order chi connectivity index (χ0) is 19.7. The first-order valence-electron chi connectivity index (χ1n) is 8.47. The molecule has 1 N–H and O–H groups in total. The lowest BCUT2D eigenvalue weighted by atomic mass is 10.0. The summed E-state index contributed by atoms with van der Waals surface area (Å²) >= 11 is 3.38. The van der Waals surface area contributed by atoms with Gasteiger partial charge in [0.2, 0.25) is 0 Å². The average molecular weight is 446 g/mol. The zero-order valence-corrected chi connectivity index (χ0v) is 16.1. The Hall–Kier alpha value is -2.93. The molecule has 0 bridgehead atoms. The van der Waals surface area contributed by atoms with Crippen LogP contribution in [-0.4, -0.2) is 19.1 Å². The summed E-state index contributed by atoms with van der Waals surface area (Å²) in [7, 11) is 0. The highest BCUT2D eigenvalue weighted by molar-refractivity contribution is 9.10. The number of amides is 1. The molecule has 1 aliphatic heterocycles. The molecule has 0 radical (unpaired) electrons. The minimum Gasteiger partial charge on any atom is -0.486 e. The monoisotopic (exact) mass is 445 g/mol. The highest BCUT2D eigenvalue weighted by Crippen LogP contribution is 2.39. The lowest BCUT2D eigenvalue weighted by Crippen LogP contribution is -2.18. The van der Waals surface area contributed by atoms with E-state index in [1.54, 1.807) is 12.1 Å². The molecule has 7 heteroatoms. The first-order chi connectivity index (χ1) is 13.5. The van der Waals surface area contributed by atoms with Crippen LogP contribution >= 0.6 is 15.9 Å². The normalized spacial score (nSPS) is 12.5. The quantitative estimate of drug-likeness (QED) is 0.585. The molecule has 0 spiro atoms. The molecule has 0 aliphatic carbocycles. The minimum absolute atomic E-state index is 0.352. The highest BCUT2D eigenvalue weighted by Gasteiger charge is 2.20. The van der Waals surface area contributed by atoms with Crippen molar-refractivity contribution < 1.29 is 23.0 Å². The van der Waals surface area contributed by atoms with E-state index in [-0.39, 0.29) is 0 Å². The summed E-state index contributed by atoms with van der Waals surface area (Å²) in [4.78, 5) is 12.8. The Balaban J connectivity index is 1.67. The molecule has 0 unspecified atom stereocenters. The first-order valence-corrected chi connectivity index (χ1v) is 9.26. The predicted octanol–water partition coefficient (Wildman–Crippen LogP) is 5.42. The van der Waals surface area contributed by atoms with Crippen LogP contribution in [0.1, 0.15) is 10.4 Å². The second-order valence-electron chi connectivity index (χ2n) is 6.13. The van der Waals surface area contributed by atoms with Gasteiger partial charge in [0.25, 0.3) is 5.91 Å². The Morgan fingerprint density at radius 1 is 0.929 bits per heavy atom. The van der Waals surface area contributed by atoms with Crippen molar-refractivity contribution >= 4 is 27.5 Å². The predicted molar refractivity (Wildman–Crippen MR) is 105 cm³/mol. The SMILES string of the molecule is O=C(Nc1ccc(F)cc1-c1ccc(F)cc1)c1cc(Br)c2c(c1)OCCO2. The number of hydrogen-bond acceptors (Lipinski definition) is 3. The molecule has 0 fully saturated rings. The number of nitrogens with one attached hydrogen (secondary N) is 1. The molecule has 0 aromatic heterocycles. The van der Waals surface area contributed by atoms with Crippen LogP contribution in [-0.2, 0) is 0 Å². The van der Waals surface area contributed by atoms with Crippen LogP contribution in [0.3, 0.4) is 0 Å². The Morgan fingerprint density at radius 3 is 2.43 bits per heavy atom. The molecule has 3 aromatic rings. The molecule has 0 saturated heterocycles. The second-order valence-corrected chi connectivity index (χ2v) is 6.99. The van der Waals surface area contributed by atoms with Gasteiger partial charge in [0.15, 0.2) is 11.5 Å². The third-order valence-corrected chi connectivity index (χ3v) is 4.83. The van der Waals surface area contributed by atoms with E-state index >= 15 is 0 Å². The van der Waals surface area contributed by atoms with Crippen LogP contribution in [0.4, 0.5) is 14.5 Å². The molecule has 0 saturated carbocycles. The third kappa shape index (κ3) is 3.71. The Bertz CT molecular complexity index is 1050. The van der Waals surface area contributed by atoms with E-state index in [0.717, 1.165) is 0 Å². The highest BCUT2D eigenvalue weighted by atomic mass is 79.9. The van der Waals surface area contributed by atoms with Gasteiger partial charge in [0.05, 0.1) is 4.47 Å². The second kappa shape index (κ2) is 7.59. The number of benzene rings is 3. The van der Waals surface area contributed by atoms with Gasteiger partial charge in [-0.1, -0.05) is 12.1 Å². The van der Waals surface area contributed by atoms with E-state index < -0.39 is 17.5 Å². The van der Waals surface area contributed by atoms with Crippen molar-refractivity contribution in [3.63, 3.8) is 0 Å². The first kappa shape index (κ1) is 18.4. The molecule has 4 rings (SSSR count). The van der Waals surface area contributed by atoms with Crippen LogP contribution in [0.25, 0.3) is 11.1 Å². The maximum atomic E-state index is 13.8. The van der Waals surface area contributed by atoms with Gasteiger partial charge in [-0.05, 0) is 64.0 Å². The Kier molecular flexibility index (Phi) is 5.00. The smallest absolute Gasteiger partial charge is 0.255 e. The zero-order valence-electron chi connectivity index (χ0n) is 14.5. The van der Waals surface area contributed by atoms with E-state index in [0.29, 0.717) is 51.6 Å². The molecular formula is C21H14BrF2NO3. The van der Waals surface area contributed by atoms with E-state index in [9.17, 15) is 13.6 Å². The summed E-state index contributed by atoms with van der Waals surface area (Å²) in [5, 5.41) is 2.78. The van der Waals surface area contributed by atoms with E-state index in [2.05, 4.69) is 21.2 Å². The van der Waals surface area contributed by atoms with Crippen LogP contribution in [0.5, 0.6) is 11.5 Å². The summed E-state index contributed by atoms with van der Waals surface area (Å²) in [6.45, 7) is 0.838. The Labute approximate surface area is 168 Å². The van der Waals surface area contributed by atoms with Gasteiger partial charge >= 0.3 is 0 Å².